The van der Waals surface area contributed by atoms with Crippen molar-refractivity contribution in [1.82, 2.24) is 0 Å². The Morgan fingerprint density at radius 2 is 1.86 bits per heavy atom. The van der Waals surface area contributed by atoms with Gasteiger partial charge in [0.1, 0.15) is 0 Å². The summed E-state index contributed by atoms with van der Waals surface area (Å²) in [5.74, 6) is 0. The number of hydrogen-bond acceptors (Lipinski definition) is 1. The van der Waals surface area contributed by atoms with Gasteiger partial charge < -0.3 is 4.74 Å². The topological polar surface area (TPSA) is 9.23 Å². The van der Waals surface area contributed by atoms with E-state index < -0.39 is 18.9 Å². The van der Waals surface area contributed by atoms with Crippen molar-refractivity contribution in [3.05, 3.63) is 35.9 Å². The summed E-state index contributed by atoms with van der Waals surface area (Å²) < 4.78 is 41.0. The molecule has 0 aliphatic rings. The minimum atomic E-state index is -3.70. The lowest BCUT2D eigenvalue weighted by Crippen LogP contribution is -2.24. The van der Waals surface area contributed by atoms with Gasteiger partial charge in [-0.25, -0.2) is 4.39 Å². The van der Waals surface area contributed by atoms with Gasteiger partial charge in [0, 0.05) is 0 Å². The Balaban J connectivity index is 2.64. The van der Waals surface area contributed by atoms with Crippen LogP contribution in [0.3, 0.4) is 0 Å². The van der Waals surface area contributed by atoms with Crippen LogP contribution in [0, 0.1) is 0 Å². The average Bonchev–Trinajstić information content (AvgIpc) is 2.19. The van der Waals surface area contributed by atoms with Gasteiger partial charge in [-0.05, 0) is 12.5 Å². The molecule has 1 atom stereocenters. The molecule has 0 spiro atoms. The standard InChI is InChI=1S/C10H11F3O/c1-8(14-10(12,13)7-11)9-5-3-2-4-6-9/h2-6,8H,7H2,1H3. The molecule has 0 fully saturated rings. The van der Waals surface area contributed by atoms with Crippen LogP contribution < -0.4 is 0 Å². The number of alkyl halides is 3. The second-order valence-electron chi connectivity index (χ2n) is 2.94. The summed E-state index contributed by atoms with van der Waals surface area (Å²) in [5.41, 5.74) is 0.598. The second-order valence-corrected chi connectivity index (χ2v) is 2.94. The minimum absolute atomic E-state index is 0.598. The molecule has 78 valence electrons. The first-order valence-electron chi connectivity index (χ1n) is 4.22. The monoisotopic (exact) mass is 204 g/mol. The van der Waals surface area contributed by atoms with E-state index in [1.54, 1.807) is 30.3 Å². The smallest absolute Gasteiger partial charge is 0.311 e. The van der Waals surface area contributed by atoms with E-state index in [0.717, 1.165) is 0 Å². The average molecular weight is 204 g/mol. The maximum absolute atomic E-state index is 12.5. The zero-order valence-corrected chi connectivity index (χ0v) is 7.71. The normalized spacial score (nSPS) is 14.0. The van der Waals surface area contributed by atoms with Crippen LogP contribution in [0.1, 0.15) is 18.6 Å². The van der Waals surface area contributed by atoms with Crippen LogP contribution in [0.15, 0.2) is 30.3 Å². The molecule has 0 aliphatic heterocycles. The van der Waals surface area contributed by atoms with Crippen LogP contribution in [0.4, 0.5) is 13.2 Å². The Morgan fingerprint density at radius 1 is 1.29 bits per heavy atom. The van der Waals surface area contributed by atoms with Gasteiger partial charge in [-0.15, -0.1) is 0 Å². The van der Waals surface area contributed by atoms with Gasteiger partial charge in [-0.3, -0.25) is 0 Å². The molecule has 1 rings (SSSR count). The van der Waals surface area contributed by atoms with Crippen molar-refractivity contribution in [2.75, 3.05) is 6.67 Å². The van der Waals surface area contributed by atoms with E-state index in [9.17, 15) is 13.2 Å². The third kappa shape index (κ3) is 3.03. The highest BCUT2D eigenvalue weighted by molar-refractivity contribution is 5.16. The summed E-state index contributed by atoms with van der Waals surface area (Å²) in [6.45, 7) is -0.344. The van der Waals surface area contributed by atoms with Crippen molar-refractivity contribution in [1.29, 1.82) is 0 Å². The van der Waals surface area contributed by atoms with Crippen LogP contribution >= 0.6 is 0 Å². The fourth-order valence-electron chi connectivity index (χ4n) is 1.08. The molecule has 0 N–H and O–H groups in total. The van der Waals surface area contributed by atoms with Crippen LogP contribution in [0.2, 0.25) is 0 Å². The molecular weight excluding hydrogens is 193 g/mol. The van der Waals surface area contributed by atoms with Crippen molar-refractivity contribution >= 4 is 0 Å². The molecule has 0 amide bonds. The summed E-state index contributed by atoms with van der Waals surface area (Å²) in [7, 11) is 0. The Hall–Kier alpha value is -1.03. The van der Waals surface area contributed by atoms with Crippen molar-refractivity contribution in [3.63, 3.8) is 0 Å². The van der Waals surface area contributed by atoms with E-state index in [1.807, 2.05) is 0 Å². The highest BCUT2D eigenvalue weighted by Gasteiger charge is 2.32. The minimum Gasteiger partial charge on any atom is -0.311 e. The summed E-state index contributed by atoms with van der Waals surface area (Å²) in [5, 5.41) is 0. The second kappa shape index (κ2) is 4.46. The molecule has 4 heteroatoms. The number of hydrogen-bond donors (Lipinski definition) is 0. The fourth-order valence-corrected chi connectivity index (χ4v) is 1.08. The maximum atomic E-state index is 12.5. The molecule has 0 saturated carbocycles. The molecule has 0 aromatic heterocycles. The van der Waals surface area contributed by atoms with Crippen LogP contribution in [0.5, 0.6) is 0 Å². The first kappa shape index (κ1) is 11.0. The van der Waals surface area contributed by atoms with Gasteiger partial charge in [0.2, 0.25) is 0 Å². The number of halogens is 3. The lowest BCUT2D eigenvalue weighted by molar-refractivity contribution is -0.268. The first-order valence-corrected chi connectivity index (χ1v) is 4.22. The van der Waals surface area contributed by atoms with E-state index in [0.29, 0.717) is 5.56 Å². The zero-order chi connectivity index (χ0) is 10.6. The predicted molar refractivity (Wildman–Crippen MR) is 46.9 cm³/mol. The van der Waals surface area contributed by atoms with Crippen LogP contribution in [0.25, 0.3) is 0 Å². The Morgan fingerprint density at radius 3 is 2.36 bits per heavy atom. The fraction of sp³-hybridized carbons (Fsp3) is 0.400. The van der Waals surface area contributed by atoms with Gasteiger partial charge >= 0.3 is 6.11 Å². The SMILES string of the molecule is CC(OC(F)(F)CF)c1ccccc1. The van der Waals surface area contributed by atoms with E-state index in [4.69, 9.17) is 0 Å². The molecule has 1 unspecified atom stereocenters. The molecule has 0 aliphatic carbocycles. The summed E-state index contributed by atoms with van der Waals surface area (Å²) >= 11 is 0. The van der Waals surface area contributed by atoms with E-state index >= 15 is 0 Å². The van der Waals surface area contributed by atoms with Crippen LogP contribution in [-0.2, 0) is 4.74 Å². The van der Waals surface area contributed by atoms with Crippen molar-refractivity contribution in [3.8, 4) is 0 Å². The molecular formula is C10H11F3O. The van der Waals surface area contributed by atoms with Crippen molar-refractivity contribution in [2.45, 2.75) is 19.1 Å². The Bertz CT molecular complexity index is 274. The number of ether oxygens (including phenoxy) is 1. The molecule has 14 heavy (non-hydrogen) atoms. The Labute approximate surface area is 80.5 Å². The maximum Gasteiger partial charge on any atom is 0.384 e. The quantitative estimate of drug-likeness (QED) is 0.730. The molecule has 1 nitrogen and oxygen atoms in total. The molecule has 1 aromatic carbocycles. The largest absolute Gasteiger partial charge is 0.384 e. The van der Waals surface area contributed by atoms with Crippen molar-refractivity contribution < 1.29 is 17.9 Å². The van der Waals surface area contributed by atoms with Crippen LogP contribution in [-0.4, -0.2) is 12.8 Å². The van der Waals surface area contributed by atoms with E-state index in [2.05, 4.69) is 4.74 Å². The predicted octanol–water partition coefficient (Wildman–Crippen LogP) is 3.33. The molecule has 0 radical (unpaired) electrons. The van der Waals surface area contributed by atoms with Gasteiger partial charge in [0.15, 0.2) is 6.67 Å². The summed E-state index contributed by atoms with van der Waals surface area (Å²) in [4.78, 5) is 0. The van der Waals surface area contributed by atoms with Gasteiger partial charge in [0.05, 0.1) is 6.10 Å². The zero-order valence-electron chi connectivity index (χ0n) is 7.71. The van der Waals surface area contributed by atoms with Gasteiger partial charge in [-0.1, -0.05) is 30.3 Å². The Kier molecular flexibility index (Phi) is 3.52. The lowest BCUT2D eigenvalue weighted by Gasteiger charge is -2.19. The molecule has 1 aromatic rings. The summed E-state index contributed by atoms with van der Waals surface area (Å²) in [6.07, 6.45) is -4.52. The highest BCUT2D eigenvalue weighted by Crippen LogP contribution is 2.26. The third-order valence-corrected chi connectivity index (χ3v) is 1.77. The molecule has 0 heterocycles. The highest BCUT2D eigenvalue weighted by atomic mass is 19.3. The lowest BCUT2D eigenvalue weighted by atomic mass is 10.1. The van der Waals surface area contributed by atoms with Crippen molar-refractivity contribution in [2.24, 2.45) is 0 Å². The first-order chi connectivity index (χ1) is 6.55. The van der Waals surface area contributed by atoms with E-state index in [1.165, 1.54) is 6.92 Å². The third-order valence-electron chi connectivity index (χ3n) is 1.77. The molecule has 0 saturated heterocycles. The van der Waals surface area contributed by atoms with Gasteiger partial charge in [0.25, 0.3) is 0 Å². The molecule has 0 bridgehead atoms. The van der Waals surface area contributed by atoms with Gasteiger partial charge in [-0.2, -0.15) is 8.78 Å². The van der Waals surface area contributed by atoms with E-state index in [-0.39, 0.29) is 0 Å². The number of benzene rings is 1. The number of rotatable bonds is 4. The summed E-state index contributed by atoms with van der Waals surface area (Å²) in [6, 6.07) is 8.49.